The summed E-state index contributed by atoms with van der Waals surface area (Å²) in [6, 6.07) is 8.49. The number of hydrogen-bond acceptors (Lipinski definition) is 4. The van der Waals surface area contributed by atoms with Crippen molar-refractivity contribution in [1.29, 1.82) is 0 Å². The fourth-order valence-electron chi connectivity index (χ4n) is 2.49. The molecule has 0 bridgehead atoms. The number of carbonyl (C=O) groups is 1. The van der Waals surface area contributed by atoms with Crippen LogP contribution in [0.3, 0.4) is 0 Å². The van der Waals surface area contributed by atoms with Gasteiger partial charge < -0.3 is 5.11 Å². The van der Waals surface area contributed by atoms with Gasteiger partial charge in [0.25, 0.3) is 0 Å². The number of benzene rings is 2. The summed E-state index contributed by atoms with van der Waals surface area (Å²) in [6.07, 6.45) is -4.75. The number of carboxylic acids is 1. The average molecular weight is 410 g/mol. The van der Waals surface area contributed by atoms with E-state index in [1.54, 1.807) is 0 Å². The van der Waals surface area contributed by atoms with Crippen LogP contribution in [0.1, 0.15) is 11.1 Å². The Kier molecular flexibility index (Phi) is 5.19. The van der Waals surface area contributed by atoms with Crippen LogP contribution in [0.5, 0.6) is 0 Å². The molecule has 10 heteroatoms. The van der Waals surface area contributed by atoms with Crippen molar-refractivity contribution in [3.05, 3.63) is 69.1 Å². The number of aromatic nitrogens is 3. The molecule has 0 saturated carbocycles. The van der Waals surface area contributed by atoms with Gasteiger partial charge in [-0.25, -0.2) is 9.78 Å². The van der Waals surface area contributed by atoms with Gasteiger partial charge in [0.2, 0.25) is 0 Å². The Morgan fingerprint density at radius 1 is 1.11 bits per heavy atom. The molecule has 28 heavy (non-hydrogen) atoms. The molecule has 0 saturated heterocycles. The minimum Gasteiger partial charge on any atom is -0.481 e. The van der Waals surface area contributed by atoms with Gasteiger partial charge >= 0.3 is 17.8 Å². The van der Waals surface area contributed by atoms with Crippen LogP contribution in [0.25, 0.3) is 22.8 Å². The third-order valence-corrected chi connectivity index (χ3v) is 4.09. The van der Waals surface area contributed by atoms with Gasteiger partial charge in [0.1, 0.15) is 5.82 Å². The van der Waals surface area contributed by atoms with Gasteiger partial charge in [0, 0.05) is 11.1 Å². The minimum absolute atomic E-state index is 0.0205. The first kappa shape index (κ1) is 19.6. The van der Waals surface area contributed by atoms with Gasteiger partial charge in [-0.1, -0.05) is 29.8 Å². The van der Waals surface area contributed by atoms with Crippen molar-refractivity contribution >= 4 is 17.6 Å². The first-order chi connectivity index (χ1) is 13.1. The third kappa shape index (κ3) is 4.37. The highest BCUT2D eigenvalue weighted by Gasteiger charge is 2.30. The molecule has 0 spiro atoms. The maximum Gasteiger partial charge on any atom is 0.416 e. The Labute approximate surface area is 160 Å². The molecule has 0 aliphatic heterocycles. The Bertz CT molecular complexity index is 1100. The number of alkyl halides is 3. The summed E-state index contributed by atoms with van der Waals surface area (Å²) in [6.45, 7) is 0. The number of hydrogen-bond donors (Lipinski definition) is 2. The van der Waals surface area contributed by atoms with Gasteiger partial charge in [0.15, 0.2) is 5.82 Å². The van der Waals surface area contributed by atoms with Crippen LogP contribution in [0.2, 0.25) is 5.02 Å². The molecule has 0 aliphatic carbocycles. The molecule has 0 fully saturated rings. The highest BCUT2D eigenvalue weighted by atomic mass is 35.5. The number of H-pyrrole nitrogens is 1. The topological polar surface area (TPSA) is 95.9 Å². The number of halogens is 4. The number of nitrogens with zero attached hydrogens (tertiary/aromatic N) is 2. The SMILES string of the molecule is O=C(O)Cc1ccc(Cl)c(-c2nc(-c3ccc(C(F)(F)F)cc3)nc(=O)[nH]2)c1. The van der Waals surface area contributed by atoms with Crippen molar-refractivity contribution in [3.63, 3.8) is 0 Å². The Morgan fingerprint density at radius 3 is 2.39 bits per heavy atom. The summed E-state index contributed by atoms with van der Waals surface area (Å²) in [5.41, 5.74) is -0.709. The smallest absolute Gasteiger partial charge is 0.416 e. The highest BCUT2D eigenvalue weighted by molar-refractivity contribution is 6.33. The van der Waals surface area contributed by atoms with Crippen LogP contribution in [-0.4, -0.2) is 26.0 Å². The average Bonchev–Trinajstić information content (AvgIpc) is 2.62. The van der Waals surface area contributed by atoms with Crippen molar-refractivity contribution in [2.75, 3.05) is 0 Å². The monoisotopic (exact) mass is 409 g/mol. The first-order valence-electron chi connectivity index (χ1n) is 7.80. The zero-order valence-electron chi connectivity index (χ0n) is 13.9. The molecule has 6 nitrogen and oxygen atoms in total. The van der Waals surface area contributed by atoms with Crippen molar-refractivity contribution < 1.29 is 23.1 Å². The van der Waals surface area contributed by atoms with Crippen LogP contribution in [0.15, 0.2) is 47.3 Å². The molecule has 0 unspecified atom stereocenters. The lowest BCUT2D eigenvalue weighted by Gasteiger charge is -2.09. The van der Waals surface area contributed by atoms with Gasteiger partial charge in [-0.2, -0.15) is 18.2 Å². The van der Waals surface area contributed by atoms with Gasteiger partial charge in [-0.05, 0) is 29.8 Å². The van der Waals surface area contributed by atoms with Crippen molar-refractivity contribution in [1.82, 2.24) is 15.0 Å². The predicted molar refractivity (Wildman–Crippen MR) is 94.9 cm³/mol. The number of rotatable bonds is 4. The second-order valence-corrected chi connectivity index (χ2v) is 6.19. The number of carboxylic acid groups (broad SMARTS) is 1. The normalized spacial score (nSPS) is 11.4. The largest absolute Gasteiger partial charge is 0.481 e. The first-order valence-corrected chi connectivity index (χ1v) is 8.18. The maximum absolute atomic E-state index is 12.7. The molecule has 1 heterocycles. The summed E-state index contributed by atoms with van der Waals surface area (Å²) in [4.78, 5) is 33.1. The number of aliphatic carboxylic acids is 1. The van der Waals surface area contributed by atoms with Crippen molar-refractivity contribution in [3.8, 4) is 22.8 Å². The zero-order valence-corrected chi connectivity index (χ0v) is 14.7. The third-order valence-electron chi connectivity index (χ3n) is 3.76. The molecule has 0 amide bonds. The summed E-state index contributed by atoms with van der Waals surface area (Å²) < 4.78 is 38.1. The van der Waals surface area contributed by atoms with E-state index in [9.17, 15) is 22.8 Å². The second-order valence-electron chi connectivity index (χ2n) is 5.79. The quantitative estimate of drug-likeness (QED) is 0.683. The second kappa shape index (κ2) is 7.43. The number of nitrogens with one attached hydrogen (secondary N) is 1. The minimum atomic E-state index is -4.49. The highest BCUT2D eigenvalue weighted by Crippen LogP contribution is 2.31. The lowest BCUT2D eigenvalue weighted by molar-refractivity contribution is -0.138. The zero-order chi connectivity index (χ0) is 20.5. The van der Waals surface area contributed by atoms with E-state index in [-0.39, 0.29) is 34.2 Å². The maximum atomic E-state index is 12.7. The van der Waals surface area contributed by atoms with E-state index in [2.05, 4.69) is 15.0 Å². The molecular weight excluding hydrogens is 399 g/mol. The number of aromatic amines is 1. The molecular formula is C18H11ClF3N3O3. The molecule has 2 aromatic carbocycles. The summed E-state index contributed by atoms with van der Waals surface area (Å²) >= 11 is 6.13. The Hall–Kier alpha value is -3.20. The van der Waals surface area contributed by atoms with Crippen molar-refractivity contribution in [2.45, 2.75) is 12.6 Å². The summed E-state index contributed by atoms with van der Waals surface area (Å²) in [5.74, 6) is -1.12. The van der Waals surface area contributed by atoms with E-state index in [1.807, 2.05) is 0 Å². The van der Waals surface area contributed by atoms with E-state index in [0.29, 0.717) is 5.56 Å². The fraction of sp³-hybridized carbons (Fsp3) is 0.111. The molecule has 3 rings (SSSR count). The molecule has 144 valence electrons. The lowest BCUT2D eigenvalue weighted by Crippen LogP contribution is -2.15. The van der Waals surface area contributed by atoms with E-state index in [4.69, 9.17) is 16.7 Å². The van der Waals surface area contributed by atoms with Crippen LogP contribution >= 0.6 is 11.6 Å². The van der Waals surface area contributed by atoms with Crippen LogP contribution in [0, 0.1) is 0 Å². The summed E-state index contributed by atoms with van der Waals surface area (Å²) in [5, 5.41) is 9.13. The van der Waals surface area contributed by atoms with E-state index in [1.165, 1.54) is 18.2 Å². The van der Waals surface area contributed by atoms with Crippen LogP contribution in [-0.2, 0) is 17.4 Å². The van der Waals surface area contributed by atoms with Gasteiger partial charge in [0.05, 0.1) is 17.0 Å². The molecule has 0 aliphatic rings. The molecule has 1 aromatic heterocycles. The fourth-order valence-corrected chi connectivity index (χ4v) is 2.69. The lowest BCUT2D eigenvalue weighted by atomic mass is 10.1. The van der Waals surface area contributed by atoms with Gasteiger partial charge in [-0.15, -0.1) is 0 Å². The standard InChI is InChI=1S/C18H11ClF3N3O3/c19-13-6-1-9(8-14(26)27)7-12(13)16-23-15(24-17(28)25-16)10-2-4-11(5-3-10)18(20,21)22/h1-7H,8H2,(H,26,27)(H,23,24,25,28). The molecule has 2 N–H and O–H groups in total. The molecule has 3 aromatic rings. The van der Waals surface area contributed by atoms with Gasteiger partial charge in [-0.3, -0.25) is 9.78 Å². The van der Waals surface area contributed by atoms with Crippen LogP contribution < -0.4 is 5.69 Å². The Morgan fingerprint density at radius 2 is 1.79 bits per heavy atom. The predicted octanol–water partition coefficient (Wildman–Crippen LogP) is 3.80. The van der Waals surface area contributed by atoms with E-state index >= 15 is 0 Å². The Balaban J connectivity index is 2.05. The molecule has 0 atom stereocenters. The van der Waals surface area contributed by atoms with E-state index in [0.717, 1.165) is 24.3 Å². The molecule has 0 radical (unpaired) electrons. The summed E-state index contributed by atoms with van der Waals surface area (Å²) in [7, 11) is 0. The van der Waals surface area contributed by atoms with Crippen molar-refractivity contribution in [2.24, 2.45) is 0 Å². The van der Waals surface area contributed by atoms with Crippen LogP contribution in [0.4, 0.5) is 13.2 Å². The van der Waals surface area contributed by atoms with E-state index < -0.39 is 23.4 Å².